The molecule has 2 aromatic heterocycles. The largest absolute Gasteiger partial charge is 0.497 e. The molecule has 9 heteroatoms. The molecule has 0 fully saturated rings. The van der Waals surface area contributed by atoms with Gasteiger partial charge in [-0.15, -0.1) is 0 Å². The number of carbonyl (C=O) groups excluding carboxylic acids is 1. The molecule has 5 aromatic rings. The Bertz CT molecular complexity index is 1760. The number of carbonyl (C=O) groups is 1. The molecule has 0 radical (unpaired) electrons. The van der Waals surface area contributed by atoms with Crippen LogP contribution in [0.3, 0.4) is 0 Å². The summed E-state index contributed by atoms with van der Waals surface area (Å²) in [5, 5.41) is 0.698. The highest BCUT2D eigenvalue weighted by Crippen LogP contribution is 2.32. The molecule has 1 atom stereocenters. The van der Waals surface area contributed by atoms with Crippen LogP contribution in [-0.2, 0) is 13.0 Å². The van der Waals surface area contributed by atoms with Crippen molar-refractivity contribution < 1.29 is 18.7 Å². The molecular formula is C31H29FN4O4. The molecule has 2 heterocycles. The number of aromatic nitrogens is 3. The number of ether oxygens (including phenoxy) is 2. The van der Waals surface area contributed by atoms with Gasteiger partial charge in [0.1, 0.15) is 17.1 Å². The van der Waals surface area contributed by atoms with E-state index in [2.05, 4.69) is 4.98 Å². The maximum absolute atomic E-state index is 15.1. The Kier molecular flexibility index (Phi) is 7.48. The van der Waals surface area contributed by atoms with Gasteiger partial charge in [0.2, 0.25) is 0 Å². The van der Waals surface area contributed by atoms with Crippen molar-refractivity contribution in [3.8, 4) is 22.9 Å². The number of hydrogen-bond acceptors (Lipinski definition) is 6. The Labute approximate surface area is 230 Å². The van der Waals surface area contributed by atoms with Gasteiger partial charge in [0.25, 0.3) is 5.56 Å². The number of Topliss-reactive ketones (excluding diaryl/α,β-unsaturated/α-hetero) is 1. The summed E-state index contributed by atoms with van der Waals surface area (Å²) >= 11 is 0. The highest BCUT2D eigenvalue weighted by Gasteiger charge is 2.24. The third kappa shape index (κ3) is 5.23. The zero-order chi connectivity index (χ0) is 28.4. The van der Waals surface area contributed by atoms with E-state index in [0.717, 1.165) is 0 Å². The Hall–Kier alpha value is -4.76. The lowest BCUT2D eigenvalue weighted by atomic mass is 10.0. The molecule has 0 spiro atoms. The fourth-order valence-electron chi connectivity index (χ4n) is 4.73. The van der Waals surface area contributed by atoms with Crippen molar-refractivity contribution >= 4 is 16.7 Å². The van der Waals surface area contributed by atoms with Gasteiger partial charge in [-0.05, 0) is 61.9 Å². The van der Waals surface area contributed by atoms with Crippen LogP contribution in [0.1, 0.15) is 28.5 Å². The predicted octanol–water partition coefficient (Wildman–Crippen LogP) is 5.21. The molecule has 204 valence electrons. The zero-order valence-corrected chi connectivity index (χ0v) is 22.4. The Morgan fingerprint density at radius 2 is 1.82 bits per heavy atom. The summed E-state index contributed by atoms with van der Waals surface area (Å²) in [7, 11) is 1.57. The van der Waals surface area contributed by atoms with Crippen LogP contribution in [0.4, 0.5) is 4.39 Å². The number of hydrogen-bond donors (Lipinski definition) is 1. The van der Waals surface area contributed by atoms with Gasteiger partial charge in [-0.3, -0.25) is 19.3 Å². The minimum atomic E-state index is -0.628. The molecule has 0 saturated heterocycles. The smallest absolute Gasteiger partial charge is 0.282 e. The summed E-state index contributed by atoms with van der Waals surface area (Å²) in [5.74, 6) is 0.0543. The average Bonchev–Trinajstić information content (AvgIpc) is 3.18. The summed E-state index contributed by atoms with van der Waals surface area (Å²) in [4.78, 5) is 31.2. The second-order valence-electron chi connectivity index (χ2n) is 9.63. The lowest BCUT2D eigenvalue weighted by molar-refractivity contribution is 0.0991. The highest BCUT2D eigenvalue weighted by atomic mass is 19.1. The highest BCUT2D eigenvalue weighted by molar-refractivity contribution is 5.98. The first kappa shape index (κ1) is 26.8. The number of para-hydroxylation sites is 1. The third-order valence-electron chi connectivity index (χ3n) is 6.63. The van der Waals surface area contributed by atoms with Crippen LogP contribution in [-0.4, -0.2) is 33.3 Å². The number of nitrogens with two attached hydrogens (primary N) is 1. The number of rotatable bonds is 9. The molecule has 0 aliphatic carbocycles. The molecule has 8 nitrogen and oxygen atoms in total. The molecule has 40 heavy (non-hydrogen) atoms. The van der Waals surface area contributed by atoms with Gasteiger partial charge >= 0.3 is 0 Å². The van der Waals surface area contributed by atoms with Gasteiger partial charge in [0.15, 0.2) is 17.3 Å². The monoisotopic (exact) mass is 540 g/mol. The van der Waals surface area contributed by atoms with E-state index in [1.807, 2.05) is 25.1 Å². The normalized spacial score (nSPS) is 11.9. The summed E-state index contributed by atoms with van der Waals surface area (Å²) in [6, 6.07) is 20.2. The number of halogens is 1. The number of pyridine rings is 1. The fraction of sp³-hybridized carbons (Fsp3) is 0.194. The van der Waals surface area contributed by atoms with Crippen molar-refractivity contribution in [2.45, 2.75) is 32.9 Å². The second kappa shape index (κ2) is 11.2. The molecule has 2 N–H and O–H groups in total. The minimum Gasteiger partial charge on any atom is -0.497 e. The van der Waals surface area contributed by atoms with Crippen LogP contribution in [0.2, 0.25) is 0 Å². The number of nitrogens with zero attached hydrogens (tertiary/aromatic N) is 3. The second-order valence-corrected chi connectivity index (χ2v) is 9.63. The third-order valence-corrected chi connectivity index (χ3v) is 6.63. The number of fused-ring (bicyclic) bond motifs is 1. The van der Waals surface area contributed by atoms with Crippen LogP contribution < -0.4 is 20.8 Å². The summed E-state index contributed by atoms with van der Waals surface area (Å²) in [5.41, 5.74) is 7.88. The van der Waals surface area contributed by atoms with Crippen LogP contribution in [0.15, 0.2) is 83.8 Å². The first-order chi connectivity index (χ1) is 19.3. The van der Waals surface area contributed by atoms with Crippen molar-refractivity contribution in [2.24, 2.45) is 5.73 Å². The van der Waals surface area contributed by atoms with Gasteiger partial charge in [-0.1, -0.05) is 24.3 Å². The van der Waals surface area contributed by atoms with Crippen LogP contribution in [0.25, 0.3) is 16.6 Å². The lowest BCUT2D eigenvalue weighted by Gasteiger charge is -2.15. The number of methoxy groups -OCH3 is 1. The van der Waals surface area contributed by atoms with Gasteiger partial charge < -0.3 is 15.2 Å². The number of ketones is 1. The average molecular weight is 541 g/mol. The Morgan fingerprint density at radius 3 is 2.52 bits per heavy atom. The van der Waals surface area contributed by atoms with Gasteiger partial charge in [0, 0.05) is 35.8 Å². The Morgan fingerprint density at radius 1 is 1.05 bits per heavy atom. The first-order valence-corrected chi connectivity index (χ1v) is 12.8. The maximum atomic E-state index is 15.1. The summed E-state index contributed by atoms with van der Waals surface area (Å²) in [6.07, 6.45) is 1.42. The SMILES string of the molecule is COc1ccc2c(Oc3ccc(CC(=O)c4c(C)n(C[C@H](C)N)n(-c5ccccc5)c4=O)cc3F)ccnc2c1. The molecule has 0 aliphatic rings. The van der Waals surface area contributed by atoms with Crippen LogP contribution in [0, 0.1) is 12.7 Å². The van der Waals surface area contributed by atoms with Crippen molar-refractivity contribution in [3.63, 3.8) is 0 Å². The van der Waals surface area contributed by atoms with E-state index in [1.165, 1.54) is 16.8 Å². The van der Waals surface area contributed by atoms with E-state index < -0.39 is 17.2 Å². The number of benzene rings is 3. The van der Waals surface area contributed by atoms with E-state index >= 15 is 4.39 Å². The standard InChI is InChI=1S/C31H29FN4O4/c1-19(33)18-35-20(2)30(31(38)36(35)22-7-5-4-6-8-22)27(37)16-21-9-12-29(25(32)15-21)40-28-13-14-34-26-17-23(39-3)10-11-24(26)28/h4-15,17,19H,16,18,33H2,1-3H3/t19-/m0/s1. The van der Waals surface area contributed by atoms with E-state index in [4.69, 9.17) is 15.2 Å². The zero-order valence-electron chi connectivity index (χ0n) is 22.4. The van der Waals surface area contributed by atoms with Crippen molar-refractivity contribution in [1.29, 1.82) is 0 Å². The van der Waals surface area contributed by atoms with Gasteiger partial charge in [0.05, 0.1) is 24.9 Å². The predicted molar refractivity (Wildman–Crippen MR) is 151 cm³/mol. The minimum absolute atomic E-state index is 0.00483. The van der Waals surface area contributed by atoms with E-state index in [0.29, 0.717) is 45.9 Å². The molecule has 0 saturated carbocycles. The molecule has 0 bridgehead atoms. The lowest BCUT2D eigenvalue weighted by Crippen LogP contribution is -2.29. The molecule has 0 unspecified atom stereocenters. The fourth-order valence-corrected chi connectivity index (χ4v) is 4.73. The summed E-state index contributed by atoms with van der Waals surface area (Å²) in [6.45, 7) is 3.90. The molecule has 3 aromatic carbocycles. The molecular weight excluding hydrogens is 511 g/mol. The topological polar surface area (TPSA) is 101 Å². The van der Waals surface area contributed by atoms with E-state index in [9.17, 15) is 9.59 Å². The van der Waals surface area contributed by atoms with Crippen molar-refractivity contribution in [1.82, 2.24) is 14.3 Å². The molecule has 5 rings (SSSR count). The van der Waals surface area contributed by atoms with Crippen molar-refractivity contribution in [2.75, 3.05) is 7.11 Å². The quantitative estimate of drug-likeness (QED) is 0.258. The maximum Gasteiger partial charge on any atom is 0.282 e. The van der Waals surface area contributed by atoms with Crippen molar-refractivity contribution in [3.05, 3.63) is 112 Å². The Balaban J connectivity index is 1.42. The molecule has 0 aliphatic heterocycles. The van der Waals surface area contributed by atoms with Crippen LogP contribution in [0.5, 0.6) is 17.2 Å². The van der Waals surface area contributed by atoms with Crippen LogP contribution >= 0.6 is 0 Å². The van der Waals surface area contributed by atoms with Gasteiger partial charge in [-0.25, -0.2) is 9.07 Å². The van der Waals surface area contributed by atoms with E-state index in [-0.39, 0.29) is 23.8 Å². The van der Waals surface area contributed by atoms with Gasteiger partial charge in [-0.2, -0.15) is 0 Å². The summed E-state index contributed by atoms with van der Waals surface area (Å²) < 4.78 is 29.5. The first-order valence-electron chi connectivity index (χ1n) is 12.8. The van der Waals surface area contributed by atoms with E-state index in [1.54, 1.807) is 67.4 Å². The molecule has 0 amide bonds.